The first-order chi connectivity index (χ1) is 10.7. The number of likely N-dealkylation sites (tertiary alicyclic amines) is 1. The lowest BCUT2D eigenvalue weighted by atomic mass is 9.96. The van der Waals surface area contributed by atoms with Crippen molar-refractivity contribution >= 4 is 33.7 Å². The second kappa shape index (κ2) is 7.29. The quantitative estimate of drug-likeness (QED) is 0.848. The first kappa shape index (κ1) is 17.7. The van der Waals surface area contributed by atoms with Crippen molar-refractivity contribution in [3.8, 4) is 0 Å². The number of halogens is 1. The Labute approximate surface area is 144 Å². The maximum Gasteiger partial charge on any atom is 0.410 e. The molecule has 126 valence electrons. The Morgan fingerprint density at radius 3 is 2.57 bits per heavy atom. The molecule has 1 aromatic rings. The summed E-state index contributed by atoms with van der Waals surface area (Å²) in [7, 11) is 0. The van der Waals surface area contributed by atoms with Crippen molar-refractivity contribution in [2.75, 3.05) is 18.4 Å². The molecular weight excluding hydrogens is 362 g/mol. The van der Waals surface area contributed by atoms with E-state index in [0.717, 1.165) is 4.47 Å². The highest BCUT2D eigenvalue weighted by atomic mass is 79.9. The summed E-state index contributed by atoms with van der Waals surface area (Å²) in [5.74, 6) is 0.354. The van der Waals surface area contributed by atoms with Crippen molar-refractivity contribution in [3.05, 3.63) is 22.8 Å². The molecular formula is C16H22BrN3O3. The summed E-state index contributed by atoms with van der Waals surface area (Å²) in [4.78, 5) is 30.1. The molecule has 0 atom stereocenters. The number of piperidine rings is 1. The number of nitrogens with zero attached hydrogens (tertiary/aromatic N) is 2. The van der Waals surface area contributed by atoms with Gasteiger partial charge in [-0.2, -0.15) is 0 Å². The molecule has 2 amide bonds. The number of nitrogens with one attached hydrogen (secondary N) is 1. The predicted octanol–water partition coefficient (Wildman–Crippen LogP) is 3.43. The molecule has 1 saturated heterocycles. The van der Waals surface area contributed by atoms with Crippen LogP contribution in [0.5, 0.6) is 0 Å². The number of amides is 2. The average Bonchev–Trinajstić information content (AvgIpc) is 2.45. The van der Waals surface area contributed by atoms with Crippen LogP contribution in [0.25, 0.3) is 0 Å². The second-order valence-electron chi connectivity index (χ2n) is 6.59. The molecule has 1 fully saturated rings. The Balaban J connectivity index is 1.84. The minimum atomic E-state index is -0.502. The summed E-state index contributed by atoms with van der Waals surface area (Å²) in [6, 6.07) is 3.56. The minimum absolute atomic E-state index is 0.0561. The van der Waals surface area contributed by atoms with Gasteiger partial charge in [-0.05, 0) is 45.7 Å². The Morgan fingerprint density at radius 1 is 1.35 bits per heavy atom. The maximum absolute atomic E-state index is 12.3. The van der Waals surface area contributed by atoms with E-state index in [1.807, 2.05) is 20.8 Å². The third-order valence-corrected chi connectivity index (χ3v) is 3.98. The molecule has 1 aromatic heterocycles. The number of hydrogen-bond donors (Lipinski definition) is 1. The van der Waals surface area contributed by atoms with Gasteiger partial charge in [0.05, 0.1) is 0 Å². The van der Waals surface area contributed by atoms with E-state index in [1.165, 1.54) is 0 Å². The van der Waals surface area contributed by atoms with Gasteiger partial charge >= 0.3 is 6.09 Å². The average molecular weight is 384 g/mol. The van der Waals surface area contributed by atoms with Crippen molar-refractivity contribution in [2.24, 2.45) is 5.92 Å². The summed E-state index contributed by atoms with van der Waals surface area (Å²) < 4.78 is 6.22. The Kier molecular flexibility index (Phi) is 5.62. The van der Waals surface area contributed by atoms with Crippen LogP contribution in [0, 0.1) is 5.92 Å². The Morgan fingerprint density at radius 2 is 2.00 bits per heavy atom. The molecule has 0 spiro atoms. The summed E-state index contributed by atoms with van der Waals surface area (Å²) in [6.45, 7) is 6.58. The van der Waals surface area contributed by atoms with Gasteiger partial charge in [0.25, 0.3) is 0 Å². The zero-order valence-corrected chi connectivity index (χ0v) is 15.2. The Bertz CT molecular complexity index is 578. The fourth-order valence-corrected chi connectivity index (χ4v) is 2.69. The van der Waals surface area contributed by atoms with Crippen molar-refractivity contribution in [1.29, 1.82) is 0 Å². The summed E-state index contributed by atoms with van der Waals surface area (Å²) in [5.41, 5.74) is -0.502. The standard InChI is InChI=1S/C16H22BrN3O3/c1-16(2,3)23-15(22)20-8-5-11(6-9-20)14(21)19-13-10-12(17)4-7-18-13/h4,7,10-11H,5-6,8-9H2,1-3H3,(H,18,19,21). The Hall–Kier alpha value is -1.63. The van der Waals surface area contributed by atoms with Crippen molar-refractivity contribution < 1.29 is 14.3 Å². The van der Waals surface area contributed by atoms with Crippen LogP contribution < -0.4 is 5.32 Å². The summed E-state index contributed by atoms with van der Waals surface area (Å²) in [5, 5.41) is 2.82. The van der Waals surface area contributed by atoms with Gasteiger partial charge in [-0.25, -0.2) is 9.78 Å². The highest BCUT2D eigenvalue weighted by molar-refractivity contribution is 9.10. The molecule has 6 nitrogen and oxygen atoms in total. The van der Waals surface area contributed by atoms with E-state index in [4.69, 9.17) is 4.74 Å². The van der Waals surface area contributed by atoms with Crippen LogP contribution in [0.4, 0.5) is 10.6 Å². The maximum atomic E-state index is 12.3. The van der Waals surface area contributed by atoms with Gasteiger partial charge in [-0.15, -0.1) is 0 Å². The fourth-order valence-electron chi connectivity index (χ4n) is 2.35. The smallest absolute Gasteiger partial charge is 0.410 e. The van der Waals surface area contributed by atoms with Gasteiger partial charge in [-0.3, -0.25) is 4.79 Å². The molecule has 0 bridgehead atoms. The topological polar surface area (TPSA) is 71.5 Å². The number of aromatic nitrogens is 1. The molecule has 0 saturated carbocycles. The van der Waals surface area contributed by atoms with Gasteiger partial charge in [0.1, 0.15) is 11.4 Å². The highest BCUT2D eigenvalue weighted by Gasteiger charge is 2.30. The first-order valence-corrected chi connectivity index (χ1v) is 8.44. The number of rotatable bonds is 2. The molecule has 0 aromatic carbocycles. The van der Waals surface area contributed by atoms with E-state index in [9.17, 15) is 9.59 Å². The zero-order chi connectivity index (χ0) is 17.0. The largest absolute Gasteiger partial charge is 0.444 e. The van der Waals surface area contributed by atoms with E-state index in [1.54, 1.807) is 23.2 Å². The van der Waals surface area contributed by atoms with E-state index in [0.29, 0.717) is 31.7 Å². The van der Waals surface area contributed by atoms with E-state index in [-0.39, 0.29) is 17.9 Å². The minimum Gasteiger partial charge on any atom is -0.444 e. The van der Waals surface area contributed by atoms with E-state index < -0.39 is 5.60 Å². The monoisotopic (exact) mass is 383 g/mol. The molecule has 1 N–H and O–H groups in total. The number of pyridine rings is 1. The number of ether oxygens (including phenoxy) is 1. The second-order valence-corrected chi connectivity index (χ2v) is 7.51. The molecule has 1 aliphatic heterocycles. The van der Waals surface area contributed by atoms with Crippen LogP contribution >= 0.6 is 15.9 Å². The molecule has 1 aliphatic rings. The molecule has 2 rings (SSSR count). The van der Waals surface area contributed by atoms with Gasteiger partial charge in [0.2, 0.25) is 5.91 Å². The lowest BCUT2D eigenvalue weighted by Crippen LogP contribution is -2.43. The lowest BCUT2D eigenvalue weighted by Gasteiger charge is -2.32. The molecule has 0 radical (unpaired) electrons. The SMILES string of the molecule is CC(C)(C)OC(=O)N1CCC(C(=O)Nc2cc(Br)ccn2)CC1. The van der Waals surface area contributed by atoms with Crippen LogP contribution in [0.2, 0.25) is 0 Å². The van der Waals surface area contributed by atoms with Crippen molar-refractivity contribution in [3.63, 3.8) is 0 Å². The van der Waals surface area contributed by atoms with Crippen molar-refractivity contribution in [2.45, 2.75) is 39.2 Å². The van der Waals surface area contributed by atoms with E-state index >= 15 is 0 Å². The highest BCUT2D eigenvalue weighted by Crippen LogP contribution is 2.21. The van der Waals surface area contributed by atoms with Crippen LogP contribution in [0.15, 0.2) is 22.8 Å². The van der Waals surface area contributed by atoms with Crippen LogP contribution in [-0.4, -0.2) is 40.6 Å². The number of hydrogen-bond acceptors (Lipinski definition) is 4. The third-order valence-electron chi connectivity index (χ3n) is 3.49. The number of anilines is 1. The van der Waals surface area contributed by atoms with Gasteiger partial charge in [0, 0.05) is 29.7 Å². The van der Waals surface area contributed by atoms with Gasteiger partial charge in [0.15, 0.2) is 0 Å². The molecule has 0 aliphatic carbocycles. The molecule has 0 unspecified atom stereocenters. The van der Waals surface area contributed by atoms with E-state index in [2.05, 4.69) is 26.2 Å². The normalized spacial score (nSPS) is 16.1. The number of carbonyl (C=O) groups excluding carboxylic acids is 2. The first-order valence-electron chi connectivity index (χ1n) is 7.65. The van der Waals surface area contributed by atoms with Crippen LogP contribution in [-0.2, 0) is 9.53 Å². The van der Waals surface area contributed by atoms with Crippen LogP contribution in [0.3, 0.4) is 0 Å². The zero-order valence-electron chi connectivity index (χ0n) is 13.6. The van der Waals surface area contributed by atoms with Crippen LogP contribution in [0.1, 0.15) is 33.6 Å². The summed E-state index contributed by atoms with van der Waals surface area (Å²) in [6.07, 6.45) is 2.56. The third kappa shape index (κ3) is 5.49. The molecule has 23 heavy (non-hydrogen) atoms. The lowest BCUT2D eigenvalue weighted by molar-refractivity contribution is -0.121. The fraction of sp³-hybridized carbons (Fsp3) is 0.562. The summed E-state index contributed by atoms with van der Waals surface area (Å²) >= 11 is 3.35. The predicted molar refractivity (Wildman–Crippen MR) is 91.1 cm³/mol. The van der Waals surface area contributed by atoms with Gasteiger partial charge < -0.3 is 15.0 Å². The number of carbonyl (C=O) groups is 2. The molecule has 2 heterocycles. The molecule has 7 heteroatoms. The van der Waals surface area contributed by atoms with Gasteiger partial charge in [-0.1, -0.05) is 15.9 Å². The van der Waals surface area contributed by atoms with Crippen molar-refractivity contribution in [1.82, 2.24) is 9.88 Å².